The smallest absolute Gasteiger partial charge is 0.324 e. The highest BCUT2D eigenvalue weighted by Gasteiger charge is 2.26. The maximum absolute atomic E-state index is 12.7. The number of nitrogens with zero attached hydrogens (tertiary/aromatic N) is 6. The van der Waals surface area contributed by atoms with Gasteiger partial charge in [-0.25, -0.2) is 9.78 Å². The minimum atomic E-state index is 0.0918. The molecule has 0 saturated carbocycles. The number of anilines is 3. The van der Waals surface area contributed by atoms with Crippen molar-refractivity contribution >= 4 is 40.1 Å². The van der Waals surface area contributed by atoms with Gasteiger partial charge in [0.05, 0.1) is 11.7 Å². The molecule has 2 amide bonds. The highest BCUT2D eigenvalue weighted by Crippen LogP contribution is 2.32. The lowest BCUT2D eigenvalue weighted by Gasteiger charge is -2.34. The number of amides is 2. The van der Waals surface area contributed by atoms with Crippen LogP contribution in [0, 0.1) is 0 Å². The Morgan fingerprint density at radius 1 is 1.03 bits per heavy atom. The zero-order chi connectivity index (χ0) is 24.6. The van der Waals surface area contributed by atoms with Crippen molar-refractivity contribution in [2.45, 2.75) is 45.2 Å². The van der Waals surface area contributed by atoms with Crippen LogP contribution in [0.2, 0.25) is 0 Å². The largest absolute Gasteiger partial charge is 0.343 e. The Morgan fingerprint density at radius 3 is 2.67 bits per heavy atom. The maximum atomic E-state index is 12.7. The molecule has 1 unspecified atom stereocenters. The van der Waals surface area contributed by atoms with Gasteiger partial charge in [0, 0.05) is 69.0 Å². The first kappa shape index (κ1) is 23.0. The minimum Gasteiger partial charge on any atom is -0.343 e. The van der Waals surface area contributed by atoms with Crippen molar-refractivity contribution in [2.75, 3.05) is 41.5 Å². The first-order valence-electron chi connectivity index (χ1n) is 12.8. The molecule has 186 valence electrons. The molecule has 2 aromatic carbocycles. The van der Waals surface area contributed by atoms with Gasteiger partial charge in [-0.2, -0.15) is 5.10 Å². The zero-order valence-electron chi connectivity index (χ0n) is 20.9. The average molecular weight is 501 g/mol. The Kier molecular flexibility index (Phi) is 6.13. The Balaban J connectivity index is 1.13. The van der Waals surface area contributed by atoms with E-state index in [0.717, 1.165) is 68.4 Å². The van der Waals surface area contributed by atoms with Gasteiger partial charge in [0.1, 0.15) is 0 Å². The van der Waals surface area contributed by atoms with Gasteiger partial charge in [-0.1, -0.05) is 18.2 Å². The number of hydrogen-bond donors (Lipinski definition) is 0. The van der Waals surface area contributed by atoms with E-state index in [0.29, 0.717) is 6.04 Å². The van der Waals surface area contributed by atoms with E-state index in [-0.39, 0.29) is 6.03 Å². The van der Waals surface area contributed by atoms with Crippen LogP contribution in [-0.2, 0) is 19.4 Å². The van der Waals surface area contributed by atoms with E-state index in [1.807, 2.05) is 24.4 Å². The Bertz CT molecular complexity index is 1290. The molecule has 1 atom stereocenters. The molecule has 1 aromatic heterocycles. The summed E-state index contributed by atoms with van der Waals surface area (Å²) < 4.78 is 0. The first-order chi connectivity index (χ1) is 17.5. The monoisotopic (exact) mass is 500 g/mol. The fourth-order valence-electron chi connectivity index (χ4n) is 5.29. The van der Waals surface area contributed by atoms with E-state index in [2.05, 4.69) is 64.4 Å². The van der Waals surface area contributed by atoms with Gasteiger partial charge in [-0.3, -0.25) is 9.91 Å². The summed E-state index contributed by atoms with van der Waals surface area (Å²) in [6.45, 7) is 5.61. The fourth-order valence-corrected chi connectivity index (χ4v) is 6.26. The number of carbonyl (C=O) groups excluding carboxylic acids is 1. The van der Waals surface area contributed by atoms with Crippen LogP contribution in [0.15, 0.2) is 53.8 Å². The van der Waals surface area contributed by atoms with Crippen molar-refractivity contribution in [3.05, 3.63) is 70.2 Å². The van der Waals surface area contributed by atoms with Crippen LogP contribution in [0.4, 0.5) is 21.3 Å². The van der Waals surface area contributed by atoms with E-state index in [4.69, 9.17) is 4.98 Å². The number of hydrazone groups is 1. The SMILES string of the molecule is CC1CC=NN1c1ccc(Cc2cnc(N3CCc4ccc(N5CCCN(C)C5=O)cc4C3)s2)cc1. The maximum Gasteiger partial charge on any atom is 0.324 e. The van der Waals surface area contributed by atoms with Crippen LogP contribution in [0.25, 0.3) is 0 Å². The second-order valence-corrected chi connectivity index (χ2v) is 11.1. The molecule has 3 aromatic rings. The van der Waals surface area contributed by atoms with Gasteiger partial charge in [0.2, 0.25) is 0 Å². The standard InChI is InChI=1S/C28H32N6OS/c1-20-10-12-30-34(20)24-7-4-21(5-8-24)16-26-18-29-27(36-26)32-15-11-22-6-9-25(17-23(22)19-32)33-14-3-13-31(2)28(33)35/h4-9,12,17-18,20H,3,10-11,13-16,19H2,1-2H3. The van der Waals surface area contributed by atoms with Gasteiger partial charge >= 0.3 is 6.03 Å². The summed E-state index contributed by atoms with van der Waals surface area (Å²) in [5.74, 6) is 0. The summed E-state index contributed by atoms with van der Waals surface area (Å²) >= 11 is 1.78. The lowest BCUT2D eigenvalue weighted by molar-refractivity contribution is 0.207. The Labute approximate surface area is 216 Å². The third-order valence-corrected chi connectivity index (χ3v) is 8.47. The molecule has 36 heavy (non-hydrogen) atoms. The van der Waals surface area contributed by atoms with Crippen LogP contribution in [-0.4, -0.2) is 54.9 Å². The van der Waals surface area contributed by atoms with E-state index >= 15 is 0 Å². The van der Waals surface area contributed by atoms with Crippen molar-refractivity contribution in [1.29, 1.82) is 0 Å². The molecule has 8 heteroatoms. The van der Waals surface area contributed by atoms with Crippen LogP contribution >= 0.6 is 11.3 Å². The molecule has 0 bridgehead atoms. The quantitative estimate of drug-likeness (QED) is 0.487. The van der Waals surface area contributed by atoms with E-state index in [9.17, 15) is 4.79 Å². The molecule has 7 nitrogen and oxygen atoms in total. The van der Waals surface area contributed by atoms with Crippen LogP contribution in [0.1, 0.15) is 41.3 Å². The molecule has 6 rings (SSSR count). The molecule has 3 aliphatic rings. The van der Waals surface area contributed by atoms with Crippen molar-refractivity contribution in [1.82, 2.24) is 9.88 Å². The lowest BCUT2D eigenvalue weighted by atomic mass is 9.99. The highest BCUT2D eigenvalue weighted by molar-refractivity contribution is 7.15. The number of carbonyl (C=O) groups is 1. The predicted molar refractivity (Wildman–Crippen MR) is 148 cm³/mol. The van der Waals surface area contributed by atoms with Crippen LogP contribution in [0.3, 0.4) is 0 Å². The molecule has 1 fully saturated rings. The van der Waals surface area contributed by atoms with Gasteiger partial charge < -0.3 is 9.80 Å². The lowest BCUT2D eigenvalue weighted by Crippen LogP contribution is -2.47. The van der Waals surface area contributed by atoms with Crippen LogP contribution < -0.4 is 14.8 Å². The second kappa shape index (κ2) is 9.58. The highest BCUT2D eigenvalue weighted by atomic mass is 32.1. The van der Waals surface area contributed by atoms with Gasteiger partial charge in [0.25, 0.3) is 0 Å². The number of rotatable bonds is 5. The topological polar surface area (TPSA) is 55.3 Å². The summed E-state index contributed by atoms with van der Waals surface area (Å²) in [4.78, 5) is 24.8. The number of fused-ring (bicyclic) bond motifs is 1. The van der Waals surface area contributed by atoms with E-state index in [1.54, 1.807) is 16.2 Å². The fraction of sp³-hybridized carbons (Fsp3) is 0.393. The number of urea groups is 1. The zero-order valence-corrected chi connectivity index (χ0v) is 21.7. The van der Waals surface area contributed by atoms with E-state index in [1.165, 1.54) is 21.6 Å². The average Bonchev–Trinajstić information content (AvgIpc) is 3.54. The minimum absolute atomic E-state index is 0.0918. The molecule has 0 radical (unpaired) electrons. The molecule has 0 spiro atoms. The summed E-state index contributed by atoms with van der Waals surface area (Å²) in [5.41, 5.74) is 6.11. The first-order valence-corrected chi connectivity index (χ1v) is 13.6. The third kappa shape index (κ3) is 4.46. The molecule has 0 N–H and O–H groups in total. The van der Waals surface area contributed by atoms with Crippen molar-refractivity contribution in [2.24, 2.45) is 5.10 Å². The molecular formula is C28H32N6OS. The van der Waals surface area contributed by atoms with Crippen molar-refractivity contribution < 1.29 is 4.79 Å². The number of hydrogen-bond acceptors (Lipinski definition) is 6. The van der Waals surface area contributed by atoms with Crippen molar-refractivity contribution in [3.63, 3.8) is 0 Å². The summed E-state index contributed by atoms with van der Waals surface area (Å²) in [7, 11) is 1.88. The normalized spacial score (nSPS) is 19.8. The molecular weight excluding hydrogens is 468 g/mol. The van der Waals surface area contributed by atoms with Gasteiger partial charge in [0.15, 0.2) is 5.13 Å². The van der Waals surface area contributed by atoms with E-state index < -0.39 is 0 Å². The third-order valence-electron chi connectivity index (χ3n) is 7.41. The molecule has 1 saturated heterocycles. The number of aromatic nitrogens is 1. The summed E-state index contributed by atoms with van der Waals surface area (Å²) in [5, 5.41) is 7.65. The molecule has 3 aliphatic heterocycles. The van der Waals surface area contributed by atoms with Gasteiger partial charge in [-0.05, 0) is 60.7 Å². The molecule has 0 aliphatic carbocycles. The Hall–Kier alpha value is -3.39. The summed E-state index contributed by atoms with van der Waals surface area (Å²) in [6.07, 6.45) is 7.90. The number of thiazole rings is 1. The number of benzene rings is 2. The molecule has 4 heterocycles. The van der Waals surface area contributed by atoms with Gasteiger partial charge in [-0.15, -0.1) is 11.3 Å². The summed E-state index contributed by atoms with van der Waals surface area (Å²) in [6, 6.07) is 15.8. The van der Waals surface area contributed by atoms with Crippen molar-refractivity contribution in [3.8, 4) is 0 Å². The Morgan fingerprint density at radius 2 is 1.86 bits per heavy atom. The van der Waals surface area contributed by atoms with Crippen LogP contribution in [0.5, 0.6) is 0 Å². The second-order valence-electron chi connectivity index (χ2n) is 10.0. The predicted octanol–water partition coefficient (Wildman–Crippen LogP) is 5.14.